The number of nitrogens with one attached hydrogen (secondary N) is 1. The first-order chi connectivity index (χ1) is 9.49. The van der Waals surface area contributed by atoms with Gasteiger partial charge in [-0.3, -0.25) is 0 Å². The van der Waals surface area contributed by atoms with Crippen molar-refractivity contribution in [3.63, 3.8) is 0 Å². The Labute approximate surface area is 122 Å². The van der Waals surface area contributed by atoms with Crippen LogP contribution in [0.5, 0.6) is 0 Å². The summed E-state index contributed by atoms with van der Waals surface area (Å²) < 4.78 is 0. The van der Waals surface area contributed by atoms with Crippen molar-refractivity contribution >= 4 is 11.4 Å². The smallest absolute Gasteiger partial charge is 0.0574 e. The minimum atomic E-state index is 0.821. The number of anilines is 2. The highest BCUT2D eigenvalue weighted by atomic mass is 14.9. The molecule has 0 aliphatic heterocycles. The zero-order chi connectivity index (χ0) is 14.7. The van der Waals surface area contributed by atoms with E-state index >= 15 is 0 Å². The van der Waals surface area contributed by atoms with Gasteiger partial charge in [-0.2, -0.15) is 0 Å². The van der Waals surface area contributed by atoms with E-state index in [4.69, 9.17) is 5.73 Å². The van der Waals surface area contributed by atoms with E-state index in [0.717, 1.165) is 24.3 Å². The first-order valence-electron chi connectivity index (χ1n) is 7.14. The molecule has 0 aliphatic rings. The van der Waals surface area contributed by atoms with Crippen LogP contribution in [0.2, 0.25) is 0 Å². The third-order valence-corrected chi connectivity index (χ3v) is 4.09. The quantitative estimate of drug-likeness (QED) is 0.817. The minimum absolute atomic E-state index is 0.821. The van der Waals surface area contributed by atoms with Gasteiger partial charge in [0.15, 0.2) is 0 Å². The van der Waals surface area contributed by atoms with Crippen molar-refractivity contribution in [3.8, 4) is 0 Å². The molecule has 2 aromatic rings. The van der Waals surface area contributed by atoms with Gasteiger partial charge in [0, 0.05) is 6.54 Å². The lowest BCUT2D eigenvalue weighted by Crippen LogP contribution is -2.08. The number of hydrogen-bond donors (Lipinski definition) is 2. The van der Waals surface area contributed by atoms with Crippen LogP contribution in [0.1, 0.15) is 27.8 Å². The number of nitrogens with two attached hydrogens (primary N) is 1. The number of hydrogen-bond acceptors (Lipinski definition) is 2. The molecule has 20 heavy (non-hydrogen) atoms. The van der Waals surface area contributed by atoms with Crippen molar-refractivity contribution in [2.24, 2.45) is 0 Å². The van der Waals surface area contributed by atoms with Gasteiger partial charge in [0.1, 0.15) is 0 Å². The third kappa shape index (κ3) is 3.13. The summed E-state index contributed by atoms with van der Waals surface area (Å²) in [5, 5.41) is 3.42. The second kappa shape index (κ2) is 6.00. The summed E-state index contributed by atoms with van der Waals surface area (Å²) in [6.07, 6.45) is 1.01. The van der Waals surface area contributed by atoms with E-state index in [0.29, 0.717) is 0 Å². The average molecular weight is 268 g/mol. The van der Waals surface area contributed by atoms with Gasteiger partial charge in [-0.25, -0.2) is 0 Å². The van der Waals surface area contributed by atoms with Crippen LogP contribution >= 0.6 is 0 Å². The summed E-state index contributed by atoms with van der Waals surface area (Å²) in [7, 11) is 0. The van der Waals surface area contributed by atoms with Gasteiger partial charge in [-0.1, -0.05) is 18.2 Å². The van der Waals surface area contributed by atoms with Gasteiger partial charge in [0.25, 0.3) is 0 Å². The molecule has 0 saturated heterocycles. The Kier molecular flexibility index (Phi) is 4.33. The summed E-state index contributed by atoms with van der Waals surface area (Å²) in [4.78, 5) is 0. The minimum Gasteiger partial charge on any atom is -0.397 e. The van der Waals surface area contributed by atoms with Crippen LogP contribution in [0.15, 0.2) is 30.3 Å². The fraction of sp³-hybridized carbons (Fsp3) is 0.333. The molecule has 0 atom stereocenters. The van der Waals surface area contributed by atoms with Crippen LogP contribution in [0, 0.1) is 27.7 Å². The molecular formula is C18H24N2. The summed E-state index contributed by atoms with van der Waals surface area (Å²) in [6, 6.07) is 10.6. The molecule has 0 unspecified atom stereocenters. The summed E-state index contributed by atoms with van der Waals surface area (Å²) >= 11 is 0. The molecule has 2 rings (SSSR count). The Morgan fingerprint density at radius 2 is 1.70 bits per heavy atom. The van der Waals surface area contributed by atoms with Crippen LogP contribution in [0.25, 0.3) is 0 Å². The monoisotopic (exact) mass is 268 g/mol. The number of rotatable bonds is 4. The second-order valence-corrected chi connectivity index (χ2v) is 5.56. The van der Waals surface area contributed by atoms with Crippen LogP contribution in [0.4, 0.5) is 11.4 Å². The van der Waals surface area contributed by atoms with Crippen LogP contribution in [-0.2, 0) is 6.42 Å². The predicted molar refractivity (Wildman–Crippen MR) is 88.4 cm³/mol. The molecule has 0 spiro atoms. The van der Waals surface area contributed by atoms with Crippen molar-refractivity contribution in [1.82, 2.24) is 0 Å². The van der Waals surface area contributed by atoms with Crippen LogP contribution < -0.4 is 11.1 Å². The lowest BCUT2D eigenvalue weighted by molar-refractivity contribution is 0.996. The summed E-state index contributed by atoms with van der Waals surface area (Å²) in [5.74, 6) is 0. The molecule has 2 heteroatoms. The molecule has 0 bridgehead atoms. The van der Waals surface area contributed by atoms with Gasteiger partial charge in [-0.15, -0.1) is 0 Å². The highest BCUT2D eigenvalue weighted by Gasteiger charge is 2.04. The molecule has 0 heterocycles. The maximum atomic E-state index is 6.01. The Hall–Kier alpha value is -1.96. The fourth-order valence-electron chi connectivity index (χ4n) is 2.46. The van der Waals surface area contributed by atoms with Crippen molar-refractivity contribution in [2.75, 3.05) is 17.6 Å². The van der Waals surface area contributed by atoms with Gasteiger partial charge in [0.05, 0.1) is 11.4 Å². The third-order valence-electron chi connectivity index (χ3n) is 4.09. The number of benzene rings is 2. The Bertz CT molecular complexity index is 615. The molecular weight excluding hydrogens is 244 g/mol. The molecule has 3 N–H and O–H groups in total. The normalized spacial score (nSPS) is 10.6. The van der Waals surface area contributed by atoms with Gasteiger partial charge >= 0.3 is 0 Å². The van der Waals surface area contributed by atoms with E-state index in [2.05, 4.69) is 57.3 Å². The van der Waals surface area contributed by atoms with E-state index in [1.165, 1.54) is 27.8 Å². The molecule has 0 radical (unpaired) electrons. The SMILES string of the molecule is Cc1ccc(NCCc2ccc(C)c(C)c2C)c(N)c1. The Morgan fingerprint density at radius 1 is 0.950 bits per heavy atom. The Morgan fingerprint density at radius 3 is 2.40 bits per heavy atom. The molecule has 0 aromatic heterocycles. The molecule has 2 aromatic carbocycles. The van der Waals surface area contributed by atoms with Gasteiger partial charge in [0.2, 0.25) is 0 Å². The predicted octanol–water partition coefficient (Wildman–Crippen LogP) is 4.16. The number of nitrogen functional groups attached to an aromatic ring is 1. The summed E-state index contributed by atoms with van der Waals surface area (Å²) in [6.45, 7) is 9.52. The average Bonchev–Trinajstić information content (AvgIpc) is 2.41. The topological polar surface area (TPSA) is 38.0 Å². The largest absolute Gasteiger partial charge is 0.397 e. The molecule has 0 aliphatic carbocycles. The molecule has 106 valence electrons. The van der Waals surface area contributed by atoms with Crippen molar-refractivity contribution in [3.05, 3.63) is 58.1 Å². The van der Waals surface area contributed by atoms with E-state index in [9.17, 15) is 0 Å². The highest BCUT2D eigenvalue weighted by Crippen LogP contribution is 2.21. The second-order valence-electron chi connectivity index (χ2n) is 5.56. The van der Waals surface area contributed by atoms with E-state index in [1.54, 1.807) is 0 Å². The molecule has 2 nitrogen and oxygen atoms in total. The standard InChI is InChI=1S/C18H24N2/c1-12-5-8-18(17(19)11-12)20-10-9-16-7-6-13(2)14(3)15(16)4/h5-8,11,20H,9-10,19H2,1-4H3. The first-order valence-corrected chi connectivity index (χ1v) is 7.14. The Balaban J connectivity index is 2.01. The first kappa shape index (κ1) is 14.4. The molecule has 0 saturated carbocycles. The molecule has 0 amide bonds. The van der Waals surface area contributed by atoms with Crippen molar-refractivity contribution < 1.29 is 0 Å². The van der Waals surface area contributed by atoms with Gasteiger partial charge in [-0.05, 0) is 74.1 Å². The highest BCUT2D eigenvalue weighted by molar-refractivity contribution is 5.66. The van der Waals surface area contributed by atoms with Gasteiger partial charge < -0.3 is 11.1 Å². The maximum Gasteiger partial charge on any atom is 0.0574 e. The fourth-order valence-corrected chi connectivity index (χ4v) is 2.46. The molecule has 0 fully saturated rings. The van der Waals surface area contributed by atoms with Crippen LogP contribution in [0.3, 0.4) is 0 Å². The zero-order valence-corrected chi connectivity index (χ0v) is 12.9. The summed E-state index contributed by atoms with van der Waals surface area (Å²) in [5.41, 5.74) is 14.6. The van der Waals surface area contributed by atoms with E-state index in [1.807, 2.05) is 6.07 Å². The zero-order valence-electron chi connectivity index (χ0n) is 12.9. The van der Waals surface area contributed by atoms with Crippen molar-refractivity contribution in [2.45, 2.75) is 34.1 Å². The van der Waals surface area contributed by atoms with E-state index < -0.39 is 0 Å². The van der Waals surface area contributed by atoms with Crippen molar-refractivity contribution in [1.29, 1.82) is 0 Å². The lowest BCUT2D eigenvalue weighted by Gasteiger charge is -2.13. The number of aryl methyl sites for hydroxylation is 2. The van der Waals surface area contributed by atoms with Crippen LogP contribution in [-0.4, -0.2) is 6.54 Å². The van der Waals surface area contributed by atoms with E-state index in [-0.39, 0.29) is 0 Å². The lowest BCUT2D eigenvalue weighted by atomic mass is 9.97. The maximum absolute atomic E-state index is 6.01.